The van der Waals surface area contributed by atoms with Crippen molar-refractivity contribution >= 4 is 10.0 Å². The molecular weight excluding hydrogens is 176 g/mol. The molecule has 0 aromatic heterocycles. The van der Waals surface area contributed by atoms with E-state index in [9.17, 15) is 8.42 Å². The van der Waals surface area contributed by atoms with Crippen LogP contribution in [0, 0.1) is 5.92 Å². The standard InChI is InChI=1S/C7H16N2O2S/c1-6-3-7(4-8)5-9(6)12(2,10)11/h6-7H,3-5,8H2,1-2H3. The molecule has 0 saturated carbocycles. The molecule has 1 rings (SSSR count). The van der Waals surface area contributed by atoms with Crippen molar-refractivity contribution in [3.05, 3.63) is 0 Å². The Morgan fingerprint density at radius 2 is 2.17 bits per heavy atom. The van der Waals surface area contributed by atoms with Gasteiger partial charge in [-0.15, -0.1) is 0 Å². The molecule has 12 heavy (non-hydrogen) atoms. The average molecular weight is 192 g/mol. The average Bonchev–Trinajstić information content (AvgIpc) is 2.29. The molecule has 1 heterocycles. The van der Waals surface area contributed by atoms with E-state index in [0.717, 1.165) is 6.42 Å². The van der Waals surface area contributed by atoms with Gasteiger partial charge in [-0.3, -0.25) is 0 Å². The molecule has 0 radical (unpaired) electrons. The van der Waals surface area contributed by atoms with Crippen molar-refractivity contribution in [1.29, 1.82) is 0 Å². The molecule has 0 amide bonds. The fourth-order valence-electron chi connectivity index (χ4n) is 1.74. The van der Waals surface area contributed by atoms with Crippen LogP contribution in [-0.4, -0.2) is 38.1 Å². The molecule has 2 atom stereocenters. The maximum absolute atomic E-state index is 11.2. The third-order valence-corrected chi connectivity index (χ3v) is 3.72. The molecule has 2 N–H and O–H groups in total. The number of hydrogen-bond acceptors (Lipinski definition) is 3. The van der Waals surface area contributed by atoms with Crippen LogP contribution in [0.2, 0.25) is 0 Å². The van der Waals surface area contributed by atoms with Crippen molar-refractivity contribution in [2.24, 2.45) is 11.7 Å². The maximum Gasteiger partial charge on any atom is 0.211 e. The van der Waals surface area contributed by atoms with E-state index in [4.69, 9.17) is 5.73 Å². The lowest BCUT2D eigenvalue weighted by Gasteiger charge is -2.17. The summed E-state index contributed by atoms with van der Waals surface area (Å²) in [4.78, 5) is 0. The Balaban J connectivity index is 2.71. The topological polar surface area (TPSA) is 63.4 Å². The van der Waals surface area contributed by atoms with Gasteiger partial charge in [-0.2, -0.15) is 4.31 Å². The Bertz CT molecular complexity index is 250. The summed E-state index contributed by atoms with van der Waals surface area (Å²) in [7, 11) is -3.02. The minimum atomic E-state index is -3.02. The highest BCUT2D eigenvalue weighted by Gasteiger charge is 2.33. The Labute approximate surface area is 73.8 Å². The predicted molar refractivity (Wildman–Crippen MR) is 48.2 cm³/mol. The minimum Gasteiger partial charge on any atom is -0.330 e. The van der Waals surface area contributed by atoms with Gasteiger partial charge in [0.25, 0.3) is 0 Å². The fraction of sp³-hybridized carbons (Fsp3) is 1.00. The fourth-order valence-corrected chi connectivity index (χ4v) is 2.96. The van der Waals surface area contributed by atoms with Crippen molar-refractivity contribution in [3.8, 4) is 0 Å². The SMILES string of the molecule is CC1CC(CN)CN1S(C)(=O)=O. The summed E-state index contributed by atoms with van der Waals surface area (Å²) in [5.74, 6) is 0.342. The van der Waals surface area contributed by atoms with Gasteiger partial charge in [-0.1, -0.05) is 0 Å². The smallest absolute Gasteiger partial charge is 0.211 e. The Kier molecular flexibility index (Phi) is 2.75. The van der Waals surface area contributed by atoms with Gasteiger partial charge in [0, 0.05) is 12.6 Å². The van der Waals surface area contributed by atoms with Crippen LogP contribution >= 0.6 is 0 Å². The van der Waals surface area contributed by atoms with Crippen LogP contribution in [0.4, 0.5) is 0 Å². The van der Waals surface area contributed by atoms with Crippen molar-refractivity contribution in [2.45, 2.75) is 19.4 Å². The Morgan fingerprint density at radius 3 is 2.42 bits per heavy atom. The van der Waals surface area contributed by atoms with Crippen molar-refractivity contribution in [2.75, 3.05) is 19.3 Å². The van der Waals surface area contributed by atoms with Gasteiger partial charge >= 0.3 is 0 Å². The molecular formula is C7H16N2O2S. The largest absolute Gasteiger partial charge is 0.330 e. The van der Waals surface area contributed by atoms with Crippen LogP contribution in [0.1, 0.15) is 13.3 Å². The first-order valence-corrected chi connectivity index (χ1v) is 5.97. The first-order chi connectivity index (χ1) is 5.45. The highest BCUT2D eigenvalue weighted by atomic mass is 32.2. The van der Waals surface area contributed by atoms with Gasteiger partial charge in [0.2, 0.25) is 10.0 Å². The van der Waals surface area contributed by atoms with E-state index in [0.29, 0.717) is 19.0 Å². The maximum atomic E-state index is 11.2. The molecule has 4 nitrogen and oxygen atoms in total. The second-order valence-electron chi connectivity index (χ2n) is 3.52. The molecule has 0 bridgehead atoms. The van der Waals surface area contributed by atoms with E-state index >= 15 is 0 Å². The number of sulfonamides is 1. The normalized spacial score (nSPS) is 32.6. The molecule has 0 aromatic carbocycles. The quantitative estimate of drug-likeness (QED) is 0.648. The Hall–Kier alpha value is -0.130. The van der Waals surface area contributed by atoms with Crippen LogP contribution in [0.3, 0.4) is 0 Å². The molecule has 0 aliphatic carbocycles. The first kappa shape index (κ1) is 9.95. The molecule has 1 aliphatic heterocycles. The highest BCUT2D eigenvalue weighted by molar-refractivity contribution is 7.88. The molecule has 2 unspecified atom stereocenters. The van der Waals surface area contributed by atoms with Crippen LogP contribution in [0.5, 0.6) is 0 Å². The molecule has 0 spiro atoms. The number of nitrogens with zero attached hydrogens (tertiary/aromatic N) is 1. The molecule has 5 heteroatoms. The number of nitrogens with two attached hydrogens (primary N) is 1. The van der Waals surface area contributed by atoms with Gasteiger partial charge in [0.15, 0.2) is 0 Å². The molecule has 72 valence electrons. The van der Waals surface area contributed by atoms with Crippen molar-refractivity contribution in [1.82, 2.24) is 4.31 Å². The lowest BCUT2D eigenvalue weighted by molar-refractivity contribution is 0.408. The molecule has 0 aromatic rings. The molecule has 1 fully saturated rings. The molecule has 1 aliphatic rings. The van der Waals surface area contributed by atoms with Gasteiger partial charge in [-0.05, 0) is 25.8 Å². The second kappa shape index (κ2) is 3.32. The number of hydrogen-bond donors (Lipinski definition) is 1. The summed E-state index contributed by atoms with van der Waals surface area (Å²) in [5.41, 5.74) is 5.48. The van der Waals surface area contributed by atoms with Gasteiger partial charge in [0.05, 0.1) is 6.26 Å². The Morgan fingerprint density at radius 1 is 1.58 bits per heavy atom. The third kappa shape index (κ3) is 1.97. The zero-order chi connectivity index (χ0) is 9.35. The van der Waals surface area contributed by atoms with Crippen LogP contribution in [-0.2, 0) is 10.0 Å². The van der Waals surface area contributed by atoms with E-state index < -0.39 is 10.0 Å². The van der Waals surface area contributed by atoms with Gasteiger partial charge in [0.1, 0.15) is 0 Å². The summed E-state index contributed by atoms with van der Waals surface area (Å²) in [6, 6.07) is 0.119. The molecule has 1 saturated heterocycles. The first-order valence-electron chi connectivity index (χ1n) is 4.12. The van der Waals surface area contributed by atoms with Crippen molar-refractivity contribution in [3.63, 3.8) is 0 Å². The zero-order valence-electron chi connectivity index (χ0n) is 7.53. The van der Waals surface area contributed by atoms with Crippen molar-refractivity contribution < 1.29 is 8.42 Å². The van der Waals surface area contributed by atoms with Crippen LogP contribution in [0.25, 0.3) is 0 Å². The number of rotatable bonds is 2. The third-order valence-electron chi connectivity index (χ3n) is 2.36. The van der Waals surface area contributed by atoms with E-state index in [1.165, 1.54) is 10.6 Å². The van der Waals surface area contributed by atoms with E-state index in [1.807, 2.05) is 6.92 Å². The van der Waals surface area contributed by atoms with E-state index in [2.05, 4.69) is 0 Å². The lowest BCUT2D eigenvalue weighted by atomic mass is 10.1. The summed E-state index contributed by atoms with van der Waals surface area (Å²) in [5, 5.41) is 0. The zero-order valence-corrected chi connectivity index (χ0v) is 8.34. The summed E-state index contributed by atoms with van der Waals surface area (Å²) in [6.07, 6.45) is 2.14. The van der Waals surface area contributed by atoms with Crippen LogP contribution in [0.15, 0.2) is 0 Å². The van der Waals surface area contributed by atoms with Gasteiger partial charge in [-0.25, -0.2) is 8.42 Å². The minimum absolute atomic E-state index is 0.119. The summed E-state index contributed by atoms with van der Waals surface area (Å²) >= 11 is 0. The van der Waals surface area contributed by atoms with E-state index in [1.54, 1.807) is 0 Å². The summed E-state index contributed by atoms with van der Waals surface area (Å²) in [6.45, 7) is 3.10. The lowest BCUT2D eigenvalue weighted by Crippen LogP contribution is -2.33. The summed E-state index contributed by atoms with van der Waals surface area (Å²) < 4.78 is 23.9. The monoisotopic (exact) mass is 192 g/mol. The van der Waals surface area contributed by atoms with E-state index in [-0.39, 0.29) is 6.04 Å². The predicted octanol–water partition coefficient (Wildman–Crippen LogP) is -0.385. The highest BCUT2D eigenvalue weighted by Crippen LogP contribution is 2.24. The van der Waals surface area contributed by atoms with Gasteiger partial charge < -0.3 is 5.73 Å². The van der Waals surface area contributed by atoms with Crippen LogP contribution < -0.4 is 5.73 Å². The second-order valence-corrected chi connectivity index (χ2v) is 5.45.